The lowest BCUT2D eigenvalue weighted by Crippen LogP contribution is -2.60. The van der Waals surface area contributed by atoms with Gasteiger partial charge >= 0.3 is 0 Å². The van der Waals surface area contributed by atoms with Gasteiger partial charge in [-0.3, -0.25) is 4.79 Å². The molecule has 0 spiro atoms. The monoisotopic (exact) mass is 760 g/mol. The maximum atomic E-state index is 13.0. The van der Waals surface area contributed by atoms with E-state index in [1.165, 1.54) is 103 Å². The first-order valence-corrected chi connectivity index (χ1v) is 21.6. The van der Waals surface area contributed by atoms with Crippen LogP contribution >= 0.6 is 0 Å². The van der Waals surface area contributed by atoms with E-state index in [0.29, 0.717) is 12.8 Å². The van der Waals surface area contributed by atoms with E-state index in [-0.39, 0.29) is 12.8 Å². The third-order valence-corrected chi connectivity index (χ3v) is 10.6. The lowest BCUT2D eigenvalue weighted by Gasteiger charge is -2.40. The lowest BCUT2D eigenvalue weighted by atomic mass is 9.98. The summed E-state index contributed by atoms with van der Waals surface area (Å²) in [7, 11) is 0. The second-order valence-corrected chi connectivity index (χ2v) is 15.4. The molecule has 1 rings (SSSR count). The van der Waals surface area contributed by atoms with Gasteiger partial charge in [-0.2, -0.15) is 0 Å². The first-order chi connectivity index (χ1) is 25.7. The van der Waals surface area contributed by atoms with Crippen molar-refractivity contribution in [1.82, 2.24) is 5.32 Å². The van der Waals surface area contributed by atoms with Gasteiger partial charge in [-0.25, -0.2) is 0 Å². The number of allylic oxidation sites excluding steroid dienone is 2. The van der Waals surface area contributed by atoms with Crippen LogP contribution in [0.15, 0.2) is 12.2 Å². The molecule has 11 heteroatoms. The first kappa shape index (κ1) is 49.9. The van der Waals surface area contributed by atoms with Gasteiger partial charge in [0.05, 0.1) is 25.4 Å². The molecule has 314 valence electrons. The van der Waals surface area contributed by atoms with Crippen LogP contribution in [0, 0.1) is 0 Å². The fourth-order valence-corrected chi connectivity index (χ4v) is 6.91. The van der Waals surface area contributed by atoms with Gasteiger partial charge in [-0.15, -0.1) is 0 Å². The molecule has 53 heavy (non-hydrogen) atoms. The minimum Gasteiger partial charge on any atom is -0.394 e. The Labute approximate surface area is 322 Å². The van der Waals surface area contributed by atoms with Crippen molar-refractivity contribution in [3.05, 3.63) is 12.2 Å². The van der Waals surface area contributed by atoms with E-state index < -0.39 is 74.2 Å². The zero-order valence-corrected chi connectivity index (χ0v) is 33.5. The molecule has 11 nitrogen and oxygen atoms in total. The van der Waals surface area contributed by atoms with Crippen LogP contribution in [0.5, 0.6) is 0 Å². The summed E-state index contributed by atoms with van der Waals surface area (Å²) in [4.78, 5) is 13.0. The van der Waals surface area contributed by atoms with Gasteiger partial charge < -0.3 is 50.5 Å². The molecule has 1 saturated heterocycles. The summed E-state index contributed by atoms with van der Waals surface area (Å²) in [5.41, 5.74) is 0. The second kappa shape index (κ2) is 33.0. The number of aliphatic hydroxyl groups is 7. The molecular formula is C42H81NO10. The number of amides is 1. The number of hydrogen-bond donors (Lipinski definition) is 8. The fraction of sp³-hybridized carbons (Fsp3) is 0.929. The molecule has 0 aromatic heterocycles. The van der Waals surface area contributed by atoms with Gasteiger partial charge in [-0.1, -0.05) is 154 Å². The van der Waals surface area contributed by atoms with Crippen molar-refractivity contribution in [2.24, 2.45) is 0 Å². The molecule has 0 aliphatic carbocycles. The summed E-state index contributed by atoms with van der Waals surface area (Å²) in [5, 5.41) is 75.3. The van der Waals surface area contributed by atoms with E-state index >= 15 is 0 Å². The summed E-state index contributed by atoms with van der Waals surface area (Å²) in [5.74, 6) is -0.708. The topological polar surface area (TPSA) is 189 Å². The third-order valence-electron chi connectivity index (χ3n) is 10.6. The summed E-state index contributed by atoms with van der Waals surface area (Å²) in [6.45, 7) is 3.39. The van der Waals surface area contributed by atoms with Crippen molar-refractivity contribution in [2.75, 3.05) is 13.2 Å². The highest BCUT2D eigenvalue weighted by Crippen LogP contribution is 2.23. The predicted octanol–water partition coefficient (Wildman–Crippen LogP) is 6.11. The number of unbranched alkanes of at least 4 members (excludes halogenated alkanes) is 21. The summed E-state index contributed by atoms with van der Waals surface area (Å²) >= 11 is 0. The van der Waals surface area contributed by atoms with Crippen molar-refractivity contribution >= 4 is 5.91 Å². The zero-order valence-electron chi connectivity index (χ0n) is 33.5. The summed E-state index contributed by atoms with van der Waals surface area (Å²) in [6.07, 6.45) is 21.3. The number of carbonyl (C=O) groups is 1. The predicted molar refractivity (Wildman–Crippen MR) is 210 cm³/mol. The minimum atomic E-state index is -1.66. The molecule has 9 atom stereocenters. The van der Waals surface area contributed by atoms with Crippen LogP contribution in [0.3, 0.4) is 0 Å². The summed E-state index contributed by atoms with van der Waals surface area (Å²) < 4.78 is 11.0. The Kier molecular flexibility index (Phi) is 31.1. The van der Waals surface area contributed by atoms with Gasteiger partial charge in [0.25, 0.3) is 0 Å². The number of aliphatic hydroxyl groups excluding tert-OH is 7. The first-order valence-electron chi connectivity index (χ1n) is 21.6. The average molecular weight is 760 g/mol. The van der Waals surface area contributed by atoms with Gasteiger partial charge in [0, 0.05) is 0 Å². The Morgan fingerprint density at radius 1 is 0.642 bits per heavy atom. The van der Waals surface area contributed by atoms with Crippen LogP contribution in [0.1, 0.15) is 181 Å². The molecule has 1 heterocycles. The minimum absolute atomic E-state index is 0.257. The molecule has 0 aromatic carbocycles. The van der Waals surface area contributed by atoms with Gasteiger partial charge in [0.1, 0.15) is 36.6 Å². The Balaban J connectivity index is 2.52. The van der Waals surface area contributed by atoms with E-state index in [1.54, 1.807) is 0 Å². The molecule has 1 aliphatic heterocycles. The van der Waals surface area contributed by atoms with E-state index in [4.69, 9.17) is 9.47 Å². The van der Waals surface area contributed by atoms with Crippen LogP contribution in [-0.2, 0) is 14.3 Å². The van der Waals surface area contributed by atoms with E-state index in [1.807, 2.05) is 0 Å². The van der Waals surface area contributed by atoms with Crippen LogP contribution in [0.4, 0.5) is 0 Å². The van der Waals surface area contributed by atoms with Crippen molar-refractivity contribution in [1.29, 1.82) is 0 Å². The van der Waals surface area contributed by atoms with Gasteiger partial charge in [0.2, 0.25) is 5.91 Å². The van der Waals surface area contributed by atoms with Crippen LogP contribution in [0.25, 0.3) is 0 Å². The van der Waals surface area contributed by atoms with Crippen molar-refractivity contribution in [3.63, 3.8) is 0 Å². The molecule has 1 amide bonds. The Morgan fingerprint density at radius 3 is 1.62 bits per heavy atom. The molecule has 0 radical (unpaired) electrons. The Hall–Kier alpha value is -1.15. The van der Waals surface area contributed by atoms with Crippen LogP contribution in [-0.4, -0.2) is 110 Å². The van der Waals surface area contributed by atoms with Gasteiger partial charge in [-0.05, 0) is 38.5 Å². The molecular weight excluding hydrogens is 678 g/mol. The number of rotatable bonds is 35. The number of hydrogen-bond acceptors (Lipinski definition) is 10. The maximum Gasteiger partial charge on any atom is 0.249 e. The summed E-state index contributed by atoms with van der Waals surface area (Å²) in [6, 6.07) is -1.18. The van der Waals surface area contributed by atoms with Crippen LogP contribution < -0.4 is 5.32 Å². The number of ether oxygens (including phenoxy) is 2. The largest absolute Gasteiger partial charge is 0.394 e. The van der Waals surface area contributed by atoms with E-state index in [0.717, 1.165) is 38.5 Å². The molecule has 0 aromatic rings. The second-order valence-electron chi connectivity index (χ2n) is 15.4. The molecule has 0 saturated carbocycles. The normalized spacial score (nSPS) is 22.9. The highest BCUT2D eigenvalue weighted by Gasteiger charge is 2.44. The third kappa shape index (κ3) is 23.5. The van der Waals surface area contributed by atoms with Crippen molar-refractivity contribution < 1.29 is 50.0 Å². The lowest BCUT2D eigenvalue weighted by molar-refractivity contribution is -0.303. The molecule has 0 bridgehead atoms. The Morgan fingerprint density at radius 2 is 1.11 bits per heavy atom. The standard InChI is InChI=1S/C42H81NO10/c1-3-5-7-9-11-13-15-16-17-18-19-20-22-23-25-27-29-34(45)37(47)33(32-52-42-40(50)39(49)38(48)36(31-44)53-42)43-41(51)35(46)30-28-26-24-21-14-12-10-8-6-4-2/h22-23,33-40,42,44-50H,3-21,24-32H2,1-2H3,(H,43,51)/b23-22+. The SMILES string of the molecule is CCCCCCCCCCCCC/C=C/CCCC(O)C(O)C(COC1OC(CO)C(O)C(O)C1O)NC(=O)C(O)CCCCCCCCCCCC. The number of carbonyl (C=O) groups excluding carboxylic acids is 1. The van der Waals surface area contributed by atoms with Crippen molar-refractivity contribution in [2.45, 2.75) is 236 Å². The highest BCUT2D eigenvalue weighted by atomic mass is 16.7. The molecule has 8 N–H and O–H groups in total. The van der Waals surface area contributed by atoms with E-state index in [2.05, 4.69) is 31.3 Å². The number of nitrogens with one attached hydrogen (secondary N) is 1. The van der Waals surface area contributed by atoms with E-state index in [9.17, 15) is 40.5 Å². The molecule has 1 aliphatic rings. The van der Waals surface area contributed by atoms with Crippen LogP contribution in [0.2, 0.25) is 0 Å². The maximum absolute atomic E-state index is 13.0. The molecule has 9 unspecified atom stereocenters. The molecule has 1 fully saturated rings. The highest BCUT2D eigenvalue weighted by molar-refractivity contribution is 5.80. The fourth-order valence-electron chi connectivity index (χ4n) is 6.91. The zero-order chi connectivity index (χ0) is 39.1. The Bertz CT molecular complexity index is 877. The average Bonchev–Trinajstić information content (AvgIpc) is 3.16. The van der Waals surface area contributed by atoms with Crippen molar-refractivity contribution in [3.8, 4) is 0 Å². The quantitative estimate of drug-likeness (QED) is 0.0277. The van der Waals surface area contributed by atoms with Gasteiger partial charge in [0.15, 0.2) is 6.29 Å². The smallest absolute Gasteiger partial charge is 0.249 e.